The summed E-state index contributed by atoms with van der Waals surface area (Å²) in [5.41, 5.74) is 0. The number of hydrogen-bond donors (Lipinski definition) is 1. The molecule has 1 unspecified atom stereocenters. The van der Waals surface area contributed by atoms with Crippen LogP contribution >= 0.6 is 11.3 Å². The molecular weight excluding hydrogens is 275 g/mol. The van der Waals surface area contributed by atoms with Crippen LogP contribution in [0.2, 0.25) is 0 Å². The molecule has 0 amide bonds. The van der Waals surface area contributed by atoms with E-state index in [1.54, 1.807) is 0 Å². The second kappa shape index (κ2) is 6.22. The fraction of sp³-hybridized carbons (Fsp3) is 0.769. The van der Waals surface area contributed by atoms with Gasteiger partial charge >= 0.3 is 6.18 Å². The van der Waals surface area contributed by atoms with Crippen molar-refractivity contribution in [3.8, 4) is 0 Å². The van der Waals surface area contributed by atoms with Gasteiger partial charge in [0.25, 0.3) is 0 Å². The third-order valence-corrected chi connectivity index (χ3v) is 4.77. The standard InChI is InChI=1S/C13H18F3NOS/c14-13(15,16)12-17-8-11(19-12)10(18)7-9-5-3-1-2-4-6-9/h8-10,18H,1-7H2. The van der Waals surface area contributed by atoms with Gasteiger partial charge in [0.2, 0.25) is 0 Å². The highest BCUT2D eigenvalue weighted by atomic mass is 32.1. The first-order chi connectivity index (χ1) is 8.97. The Morgan fingerprint density at radius 1 is 1.26 bits per heavy atom. The summed E-state index contributed by atoms with van der Waals surface area (Å²) in [6.07, 6.45) is 3.42. The zero-order valence-electron chi connectivity index (χ0n) is 10.6. The quantitative estimate of drug-likeness (QED) is 0.829. The monoisotopic (exact) mass is 293 g/mol. The summed E-state index contributed by atoms with van der Waals surface area (Å²) in [6.45, 7) is 0. The fourth-order valence-corrected chi connectivity index (χ4v) is 3.39. The van der Waals surface area contributed by atoms with Gasteiger partial charge < -0.3 is 5.11 Å². The summed E-state index contributed by atoms with van der Waals surface area (Å²) in [5, 5.41) is 9.17. The number of nitrogens with zero attached hydrogens (tertiary/aromatic N) is 1. The van der Waals surface area contributed by atoms with Gasteiger partial charge in [0.15, 0.2) is 5.01 Å². The molecule has 1 atom stereocenters. The molecule has 0 aliphatic heterocycles. The maximum atomic E-state index is 12.4. The number of aliphatic hydroxyl groups is 1. The van der Waals surface area contributed by atoms with E-state index in [2.05, 4.69) is 4.98 Å². The minimum Gasteiger partial charge on any atom is -0.388 e. The Morgan fingerprint density at radius 2 is 1.89 bits per heavy atom. The topological polar surface area (TPSA) is 33.1 Å². The number of thiazole rings is 1. The van der Waals surface area contributed by atoms with E-state index in [4.69, 9.17) is 0 Å². The molecule has 19 heavy (non-hydrogen) atoms. The molecule has 0 radical (unpaired) electrons. The fourth-order valence-electron chi connectivity index (χ4n) is 2.60. The normalized spacial score (nSPS) is 20.2. The summed E-state index contributed by atoms with van der Waals surface area (Å²) in [7, 11) is 0. The molecule has 2 nitrogen and oxygen atoms in total. The van der Waals surface area contributed by atoms with Crippen molar-refractivity contribution in [2.24, 2.45) is 5.92 Å². The molecule has 0 spiro atoms. The number of aliphatic hydroxyl groups excluding tert-OH is 1. The minimum atomic E-state index is -4.41. The van der Waals surface area contributed by atoms with Gasteiger partial charge in [0.05, 0.1) is 11.0 Å². The van der Waals surface area contributed by atoms with Crippen LogP contribution < -0.4 is 0 Å². The van der Waals surface area contributed by atoms with Crippen LogP contribution in [0.5, 0.6) is 0 Å². The second-order valence-corrected chi connectivity index (χ2v) is 6.24. The van der Waals surface area contributed by atoms with E-state index in [0.29, 0.717) is 28.6 Å². The van der Waals surface area contributed by atoms with E-state index < -0.39 is 17.3 Å². The third kappa shape index (κ3) is 4.18. The average molecular weight is 293 g/mol. The van der Waals surface area contributed by atoms with Crippen molar-refractivity contribution < 1.29 is 18.3 Å². The van der Waals surface area contributed by atoms with E-state index in [9.17, 15) is 18.3 Å². The van der Waals surface area contributed by atoms with E-state index in [1.807, 2.05) is 0 Å². The molecule has 1 N–H and O–H groups in total. The van der Waals surface area contributed by atoms with Gasteiger partial charge in [-0.05, 0) is 12.3 Å². The van der Waals surface area contributed by atoms with Crippen molar-refractivity contribution in [3.05, 3.63) is 16.1 Å². The highest BCUT2D eigenvalue weighted by Gasteiger charge is 2.35. The Kier molecular flexibility index (Phi) is 4.84. The summed E-state index contributed by atoms with van der Waals surface area (Å²) in [6, 6.07) is 0. The van der Waals surface area contributed by atoms with Gasteiger partial charge in [0.1, 0.15) is 0 Å². The predicted molar refractivity (Wildman–Crippen MR) is 67.9 cm³/mol. The second-order valence-electron chi connectivity index (χ2n) is 5.17. The van der Waals surface area contributed by atoms with E-state index in [-0.39, 0.29) is 0 Å². The molecular formula is C13H18F3NOS. The molecule has 1 aromatic heterocycles. The first kappa shape index (κ1) is 14.8. The Balaban J connectivity index is 1.95. The van der Waals surface area contributed by atoms with Crippen LogP contribution in [0.4, 0.5) is 13.2 Å². The molecule has 1 fully saturated rings. The van der Waals surface area contributed by atoms with Crippen molar-refractivity contribution in [3.63, 3.8) is 0 Å². The molecule has 6 heteroatoms. The van der Waals surface area contributed by atoms with Crippen LogP contribution in [0.1, 0.15) is 60.9 Å². The smallest absolute Gasteiger partial charge is 0.388 e. The summed E-state index contributed by atoms with van der Waals surface area (Å²) in [4.78, 5) is 3.68. The molecule has 2 rings (SSSR count). The van der Waals surface area contributed by atoms with Gasteiger partial charge in [-0.1, -0.05) is 38.5 Å². The molecule has 0 bridgehead atoms. The number of hydrogen-bond acceptors (Lipinski definition) is 3. The largest absolute Gasteiger partial charge is 0.443 e. The van der Waals surface area contributed by atoms with Gasteiger partial charge in [-0.2, -0.15) is 13.2 Å². The highest BCUT2D eigenvalue weighted by Crippen LogP contribution is 2.37. The molecule has 1 aromatic rings. The lowest BCUT2D eigenvalue weighted by Crippen LogP contribution is -2.06. The first-order valence-electron chi connectivity index (χ1n) is 6.68. The predicted octanol–water partition coefficient (Wildman–Crippen LogP) is 4.56. The summed E-state index contributed by atoms with van der Waals surface area (Å²) in [5.74, 6) is 0.425. The number of rotatable bonds is 3. The van der Waals surface area contributed by atoms with Gasteiger partial charge in [-0.15, -0.1) is 11.3 Å². The Hall–Kier alpha value is -0.620. The lowest BCUT2D eigenvalue weighted by atomic mass is 9.93. The lowest BCUT2D eigenvalue weighted by molar-refractivity contribution is -0.137. The molecule has 0 saturated heterocycles. The molecule has 1 saturated carbocycles. The van der Waals surface area contributed by atoms with Crippen LogP contribution in [0.25, 0.3) is 0 Å². The lowest BCUT2D eigenvalue weighted by Gasteiger charge is -2.17. The van der Waals surface area contributed by atoms with Crippen LogP contribution in [-0.2, 0) is 6.18 Å². The van der Waals surface area contributed by atoms with Gasteiger partial charge in [-0.3, -0.25) is 0 Å². The van der Waals surface area contributed by atoms with Crippen molar-refractivity contribution in [1.82, 2.24) is 4.98 Å². The van der Waals surface area contributed by atoms with Crippen LogP contribution in [-0.4, -0.2) is 10.1 Å². The summed E-state index contributed by atoms with van der Waals surface area (Å²) < 4.78 is 37.3. The first-order valence-corrected chi connectivity index (χ1v) is 7.49. The van der Waals surface area contributed by atoms with Gasteiger partial charge in [0, 0.05) is 6.20 Å². The maximum absolute atomic E-state index is 12.4. The highest BCUT2D eigenvalue weighted by molar-refractivity contribution is 7.11. The Labute approximate surface area is 114 Å². The zero-order chi connectivity index (χ0) is 13.9. The Morgan fingerprint density at radius 3 is 2.42 bits per heavy atom. The molecule has 1 aliphatic carbocycles. The Bertz CT molecular complexity index is 397. The van der Waals surface area contributed by atoms with Crippen LogP contribution in [0.15, 0.2) is 6.20 Å². The average Bonchev–Trinajstić information content (AvgIpc) is 2.70. The van der Waals surface area contributed by atoms with E-state index >= 15 is 0 Å². The molecule has 1 heterocycles. The molecule has 1 aliphatic rings. The summed E-state index contributed by atoms with van der Waals surface area (Å²) >= 11 is 0.556. The van der Waals surface area contributed by atoms with Crippen molar-refractivity contribution in [2.45, 2.75) is 57.2 Å². The zero-order valence-corrected chi connectivity index (χ0v) is 11.4. The maximum Gasteiger partial charge on any atom is 0.443 e. The molecule has 0 aromatic carbocycles. The van der Waals surface area contributed by atoms with E-state index in [0.717, 1.165) is 31.9 Å². The number of aromatic nitrogens is 1. The van der Waals surface area contributed by atoms with Gasteiger partial charge in [-0.25, -0.2) is 4.98 Å². The number of halogens is 3. The van der Waals surface area contributed by atoms with Crippen molar-refractivity contribution in [2.75, 3.05) is 0 Å². The number of alkyl halides is 3. The minimum absolute atomic E-state index is 0.330. The van der Waals surface area contributed by atoms with Crippen LogP contribution in [0, 0.1) is 5.92 Å². The van der Waals surface area contributed by atoms with Crippen molar-refractivity contribution >= 4 is 11.3 Å². The SMILES string of the molecule is OC(CC1CCCCCC1)c1cnc(C(F)(F)F)s1. The van der Waals surface area contributed by atoms with Crippen molar-refractivity contribution in [1.29, 1.82) is 0 Å². The molecule has 108 valence electrons. The van der Waals surface area contributed by atoms with E-state index in [1.165, 1.54) is 12.8 Å². The third-order valence-electron chi connectivity index (χ3n) is 3.63. The van der Waals surface area contributed by atoms with Crippen LogP contribution in [0.3, 0.4) is 0 Å².